The molecular weight excluding hydrogens is 206 g/mol. The molecule has 0 amide bonds. The lowest BCUT2D eigenvalue weighted by atomic mass is 10.1. The molecule has 0 radical (unpaired) electrons. The lowest BCUT2D eigenvalue weighted by Gasteiger charge is -2.19. The molecule has 108 valence electrons. The summed E-state index contributed by atoms with van der Waals surface area (Å²) in [4.78, 5) is 2.48. The van der Waals surface area contributed by atoms with E-state index in [1.54, 1.807) is 0 Å². The zero-order valence-electron chi connectivity index (χ0n) is 14.0. The fourth-order valence-electron chi connectivity index (χ4n) is 2.11. The first-order valence-electron chi connectivity index (χ1n) is 8.01. The summed E-state index contributed by atoms with van der Waals surface area (Å²) >= 11 is 0. The van der Waals surface area contributed by atoms with Gasteiger partial charge in [0.1, 0.15) is 0 Å². The van der Waals surface area contributed by atoms with Crippen molar-refractivity contribution in [1.29, 1.82) is 0 Å². The second-order valence-corrected chi connectivity index (χ2v) is 3.91. The summed E-state index contributed by atoms with van der Waals surface area (Å²) in [7, 11) is 2.25. The molecule has 0 spiro atoms. The molecule has 1 aliphatic carbocycles. The highest BCUT2D eigenvalue weighted by Gasteiger charge is 2.15. The Kier molecular flexibility index (Phi) is 27.7. The molecule has 1 saturated carbocycles. The van der Waals surface area contributed by atoms with E-state index in [-0.39, 0.29) is 0 Å². The zero-order chi connectivity index (χ0) is 14.1. The van der Waals surface area contributed by atoms with Gasteiger partial charge in [-0.25, -0.2) is 0 Å². The summed E-state index contributed by atoms with van der Waals surface area (Å²) in [6.07, 6.45) is 7.21. The third-order valence-electron chi connectivity index (χ3n) is 2.65. The van der Waals surface area contributed by atoms with Gasteiger partial charge in [-0.05, 0) is 38.8 Å². The molecule has 0 N–H and O–H groups in total. The van der Waals surface area contributed by atoms with Gasteiger partial charge in [0, 0.05) is 6.54 Å². The summed E-state index contributed by atoms with van der Waals surface area (Å²) < 4.78 is 0. The van der Waals surface area contributed by atoms with Crippen molar-refractivity contribution >= 4 is 0 Å². The van der Waals surface area contributed by atoms with Crippen molar-refractivity contribution in [3.05, 3.63) is 0 Å². The Labute approximate surface area is 112 Å². The maximum atomic E-state index is 2.48. The average Bonchev–Trinajstić information content (AvgIpc) is 2.90. The van der Waals surface area contributed by atoms with Gasteiger partial charge in [-0.2, -0.15) is 0 Å². The highest BCUT2D eigenvalue weighted by atomic mass is 15.1. The van der Waals surface area contributed by atoms with Gasteiger partial charge in [-0.1, -0.05) is 61.3 Å². The van der Waals surface area contributed by atoms with Gasteiger partial charge in [-0.3, -0.25) is 0 Å². The van der Waals surface area contributed by atoms with E-state index in [1.807, 2.05) is 41.5 Å². The minimum Gasteiger partial charge on any atom is -0.306 e. The topological polar surface area (TPSA) is 3.24 Å². The Morgan fingerprint density at radius 3 is 1.65 bits per heavy atom. The predicted molar refractivity (Wildman–Crippen MR) is 83.8 cm³/mol. The van der Waals surface area contributed by atoms with Crippen molar-refractivity contribution < 1.29 is 0 Å². The standard InChI is InChI=1S/C10H21N.3C2H6/c1-3-8-11(2)9-10-6-4-5-7-10;3*1-2/h10H,3-9H2,1-2H3;3*1-2H3. The van der Waals surface area contributed by atoms with Crippen LogP contribution in [0.25, 0.3) is 0 Å². The van der Waals surface area contributed by atoms with Gasteiger partial charge in [0.2, 0.25) is 0 Å². The minimum atomic E-state index is 1.02. The second-order valence-electron chi connectivity index (χ2n) is 3.91. The number of hydrogen-bond donors (Lipinski definition) is 0. The SMILES string of the molecule is CC.CC.CC.CCCN(C)CC1CCCC1. The van der Waals surface area contributed by atoms with E-state index in [2.05, 4.69) is 18.9 Å². The largest absolute Gasteiger partial charge is 0.306 e. The number of rotatable bonds is 4. The van der Waals surface area contributed by atoms with Crippen LogP contribution in [0.15, 0.2) is 0 Å². The summed E-state index contributed by atoms with van der Waals surface area (Å²) in [5, 5.41) is 0. The number of nitrogens with zero attached hydrogens (tertiary/aromatic N) is 1. The van der Waals surface area contributed by atoms with E-state index in [1.165, 1.54) is 45.2 Å². The Morgan fingerprint density at radius 2 is 1.29 bits per heavy atom. The molecule has 0 aliphatic heterocycles. The van der Waals surface area contributed by atoms with Gasteiger partial charge in [-0.15, -0.1) is 0 Å². The highest BCUT2D eigenvalue weighted by Crippen LogP contribution is 2.24. The summed E-state index contributed by atoms with van der Waals surface area (Å²) in [6.45, 7) is 16.9. The van der Waals surface area contributed by atoms with Gasteiger partial charge >= 0.3 is 0 Å². The summed E-state index contributed by atoms with van der Waals surface area (Å²) in [6, 6.07) is 0. The van der Waals surface area contributed by atoms with Gasteiger partial charge in [0.15, 0.2) is 0 Å². The van der Waals surface area contributed by atoms with Crippen LogP contribution in [0.3, 0.4) is 0 Å². The Morgan fingerprint density at radius 1 is 0.882 bits per heavy atom. The van der Waals surface area contributed by atoms with Gasteiger partial charge in [0.25, 0.3) is 0 Å². The lowest BCUT2D eigenvalue weighted by Crippen LogP contribution is -2.25. The molecule has 17 heavy (non-hydrogen) atoms. The molecule has 1 aliphatic rings. The molecule has 1 rings (SSSR count). The average molecular weight is 245 g/mol. The van der Waals surface area contributed by atoms with Crippen molar-refractivity contribution in [2.24, 2.45) is 5.92 Å². The lowest BCUT2D eigenvalue weighted by molar-refractivity contribution is 0.279. The first-order valence-corrected chi connectivity index (χ1v) is 8.01. The van der Waals surface area contributed by atoms with Crippen molar-refractivity contribution in [2.45, 2.75) is 80.6 Å². The molecule has 1 fully saturated rings. The van der Waals surface area contributed by atoms with Crippen LogP contribution in [-0.4, -0.2) is 25.0 Å². The van der Waals surface area contributed by atoms with Crippen molar-refractivity contribution in [3.63, 3.8) is 0 Å². The van der Waals surface area contributed by atoms with Crippen LogP contribution >= 0.6 is 0 Å². The Balaban J connectivity index is -0.000000285. The Hall–Kier alpha value is -0.0400. The first-order chi connectivity index (χ1) is 8.33. The third-order valence-corrected chi connectivity index (χ3v) is 2.65. The summed E-state index contributed by atoms with van der Waals surface area (Å²) in [5.41, 5.74) is 0. The fourth-order valence-corrected chi connectivity index (χ4v) is 2.11. The molecule has 0 aromatic heterocycles. The monoisotopic (exact) mass is 245 g/mol. The van der Waals surface area contributed by atoms with Crippen LogP contribution in [0.1, 0.15) is 80.6 Å². The molecule has 0 aromatic rings. The number of hydrogen-bond acceptors (Lipinski definition) is 1. The van der Waals surface area contributed by atoms with E-state index in [9.17, 15) is 0 Å². The molecule has 0 heterocycles. The molecule has 0 saturated heterocycles. The quantitative estimate of drug-likeness (QED) is 0.623. The van der Waals surface area contributed by atoms with Crippen LogP contribution < -0.4 is 0 Å². The van der Waals surface area contributed by atoms with Gasteiger partial charge < -0.3 is 4.90 Å². The molecule has 0 aromatic carbocycles. The van der Waals surface area contributed by atoms with Crippen LogP contribution in [-0.2, 0) is 0 Å². The maximum Gasteiger partial charge on any atom is 0.000660 e. The normalized spacial score (nSPS) is 13.9. The van der Waals surface area contributed by atoms with Crippen LogP contribution in [0.2, 0.25) is 0 Å². The minimum absolute atomic E-state index is 1.02. The van der Waals surface area contributed by atoms with E-state index in [0.717, 1.165) is 5.92 Å². The molecule has 1 nitrogen and oxygen atoms in total. The molecular formula is C16H39N. The van der Waals surface area contributed by atoms with Crippen molar-refractivity contribution in [3.8, 4) is 0 Å². The molecule has 0 unspecified atom stereocenters. The van der Waals surface area contributed by atoms with Crippen molar-refractivity contribution in [1.82, 2.24) is 4.90 Å². The maximum absolute atomic E-state index is 2.48. The smallest absolute Gasteiger partial charge is 0.000660 e. The second kappa shape index (κ2) is 21.3. The van der Waals surface area contributed by atoms with Crippen LogP contribution in [0.4, 0.5) is 0 Å². The van der Waals surface area contributed by atoms with E-state index in [0.29, 0.717) is 0 Å². The highest BCUT2D eigenvalue weighted by molar-refractivity contribution is 4.69. The van der Waals surface area contributed by atoms with Crippen LogP contribution in [0, 0.1) is 5.92 Å². The Bertz CT molecular complexity index is 95.7. The third kappa shape index (κ3) is 16.0. The first kappa shape index (κ1) is 22.2. The van der Waals surface area contributed by atoms with E-state index >= 15 is 0 Å². The molecule has 0 atom stereocenters. The van der Waals surface area contributed by atoms with Gasteiger partial charge in [0.05, 0.1) is 0 Å². The van der Waals surface area contributed by atoms with Crippen molar-refractivity contribution in [2.75, 3.05) is 20.1 Å². The van der Waals surface area contributed by atoms with Crippen LogP contribution in [0.5, 0.6) is 0 Å². The van der Waals surface area contributed by atoms with E-state index in [4.69, 9.17) is 0 Å². The summed E-state index contributed by atoms with van der Waals surface area (Å²) in [5.74, 6) is 1.02. The molecule has 1 heteroatoms. The fraction of sp³-hybridized carbons (Fsp3) is 1.00. The predicted octanol–water partition coefficient (Wildman–Crippen LogP) is 5.60. The van der Waals surface area contributed by atoms with E-state index < -0.39 is 0 Å². The molecule has 0 bridgehead atoms. The zero-order valence-corrected chi connectivity index (χ0v) is 14.0.